The Morgan fingerprint density at radius 1 is 1.27 bits per heavy atom. The second-order valence-electron chi connectivity index (χ2n) is 7.53. The van der Waals surface area contributed by atoms with Crippen molar-refractivity contribution in [3.8, 4) is 0 Å². The van der Waals surface area contributed by atoms with Crippen molar-refractivity contribution in [2.75, 3.05) is 43.4 Å². The van der Waals surface area contributed by atoms with E-state index < -0.39 is 33.6 Å². The van der Waals surface area contributed by atoms with Crippen LogP contribution in [0.4, 0.5) is 5.82 Å². The highest BCUT2D eigenvalue weighted by Crippen LogP contribution is 2.15. The van der Waals surface area contributed by atoms with Crippen molar-refractivity contribution in [3.63, 3.8) is 0 Å². The van der Waals surface area contributed by atoms with E-state index in [0.29, 0.717) is 24.5 Å². The summed E-state index contributed by atoms with van der Waals surface area (Å²) in [6.45, 7) is 3.02. The Hall–Kier alpha value is -3.32. The van der Waals surface area contributed by atoms with E-state index in [-0.39, 0.29) is 26.1 Å². The van der Waals surface area contributed by atoms with E-state index in [1.165, 1.54) is 4.31 Å². The number of hydrogen-bond donors (Lipinski definition) is 3. The van der Waals surface area contributed by atoms with Crippen LogP contribution >= 0.6 is 0 Å². The minimum Gasteiger partial charge on any atom is -0.361 e. The molecular formula is C20H27N7O5S. The number of carbonyl (C=O) groups excluding carboxylic acids is 2. The molecule has 3 N–H and O–H groups in total. The fraction of sp³-hybridized carbons (Fsp3) is 0.450. The molecule has 0 saturated carbocycles. The molecule has 2 aromatic rings. The van der Waals surface area contributed by atoms with E-state index in [0.717, 1.165) is 12.0 Å². The van der Waals surface area contributed by atoms with Crippen LogP contribution in [0.3, 0.4) is 0 Å². The minimum absolute atomic E-state index is 0.0741. The van der Waals surface area contributed by atoms with Crippen LogP contribution < -0.4 is 15.5 Å². The Bertz CT molecular complexity index is 1070. The lowest BCUT2D eigenvalue weighted by atomic mass is 10.2. The first-order valence-electron chi connectivity index (χ1n) is 10.4. The highest BCUT2D eigenvalue weighted by molar-refractivity contribution is 7.89. The molecule has 3 rings (SSSR count). The summed E-state index contributed by atoms with van der Waals surface area (Å²) in [6, 6.07) is 5.80. The molecule has 1 aliphatic heterocycles. The van der Waals surface area contributed by atoms with Gasteiger partial charge in [0.2, 0.25) is 21.8 Å². The fourth-order valence-electron chi connectivity index (χ4n) is 3.41. The van der Waals surface area contributed by atoms with Crippen molar-refractivity contribution in [1.82, 2.24) is 25.1 Å². The predicted octanol–water partition coefficient (Wildman–Crippen LogP) is -0.677. The Morgan fingerprint density at radius 3 is 2.64 bits per heavy atom. The smallest absolute Gasteiger partial charge is 0.243 e. The molecule has 0 spiro atoms. The number of nitrogens with one attached hydrogen (secondary N) is 3. The topological polar surface area (TPSA) is 162 Å². The summed E-state index contributed by atoms with van der Waals surface area (Å²) in [6.07, 6.45) is 2.47. The zero-order chi connectivity index (χ0) is 23.8. The summed E-state index contributed by atoms with van der Waals surface area (Å²) in [7, 11) is -3.85. The number of aromatic nitrogens is 2. The molecule has 1 fully saturated rings. The maximum Gasteiger partial charge on any atom is 0.243 e. The summed E-state index contributed by atoms with van der Waals surface area (Å²) in [5, 5.41) is 15.7. The standard InChI is InChI=1S/C20H27N7O5S/c1-15-12-16(32-25-15)13-19(28)24-17(20(29)23-7-5-21)14-33(30,31)27-10-8-26(9-11-27)18-4-2-3-6-22-18/h2-6,12,17,21H,7-11,13-14H2,1H3,(H,23,29)(H,24,28)/t17-/m0/s1. The number of piperazine rings is 1. The maximum atomic E-state index is 13.0. The summed E-state index contributed by atoms with van der Waals surface area (Å²) in [5.41, 5.74) is 0.602. The molecule has 178 valence electrons. The zero-order valence-corrected chi connectivity index (χ0v) is 19.0. The van der Waals surface area contributed by atoms with Gasteiger partial charge in [0.15, 0.2) is 0 Å². The molecule has 13 heteroatoms. The van der Waals surface area contributed by atoms with Crippen LogP contribution in [-0.4, -0.2) is 85.4 Å². The van der Waals surface area contributed by atoms with Crippen LogP contribution in [0.1, 0.15) is 11.5 Å². The lowest BCUT2D eigenvalue weighted by Crippen LogP contribution is -2.55. The number of anilines is 1. The fourth-order valence-corrected chi connectivity index (χ4v) is 5.00. The SMILES string of the molecule is Cc1cc(CC(=O)N[C@@H](CS(=O)(=O)N2CCN(c3ccccn3)CC2)C(=O)NCC=N)on1. The monoisotopic (exact) mass is 477 g/mol. The quantitative estimate of drug-likeness (QED) is 0.379. The van der Waals surface area contributed by atoms with Gasteiger partial charge in [0.05, 0.1) is 24.4 Å². The van der Waals surface area contributed by atoms with Gasteiger partial charge in [0, 0.05) is 44.7 Å². The molecule has 0 aromatic carbocycles. The van der Waals surface area contributed by atoms with Crippen LogP contribution in [0.25, 0.3) is 0 Å². The summed E-state index contributed by atoms with van der Waals surface area (Å²) < 4.78 is 32.4. The van der Waals surface area contributed by atoms with E-state index in [1.54, 1.807) is 19.2 Å². The van der Waals surface area contributed by atoms with Crippen molar-refractivity contribution in [1.29, 1.82) is 5.41 Å². The number of pyridine rings is 1. The Labute approximate surface area is 191 Å². The summed E-state index contributed by atoms with van der Waals surface area (Å²) in [4.78, 5) is 31.2. The maximum absolute atomic E-state index is 13.0. The number of amides is 2. The number of carbonyl (C=O) groups is 2. The van der Waals surface area contributed by atoms with Gasteiger partial charge < -0.3 is 25.5 Å². The molecular weight excluding hydrogens is 450 g/mol. The lowest BCUT2D eigenvalue weighted by Gasteiger charge is -2.35. The van der Waals surface area contributed by atoms with E-state index in [9.17, 15) is 18.0 Å². The third-order valence-corrected chi connectivity index (χ3v) is 6.93. The number of hydrogen-bond acceptors (Lipinski definition) is 9. The molecule has 1 atom stereocenters. The second kappa shape index (κ2) is 11.0. The van der Waals surface area contributed by atoms with E-state index in [1.807, 2.05) is 23.1 Å². The number of sulfonamides is 1. The molecule has 0 bridgehead atoms. The van der Waals surface area contributed by atoms with Gasteiger partial charge in [-0.05, 0) is 19.1 Å². The van der Waals surface area contributed by atoms with E-state index in [2.05, 4.69) is 20.8 Å². The van der Waals surface area contributed by atoms with Crippen molar-refractivity contribution >= 4 is 33.9 Å². The van der Waals surface area contributed by atoms with Gasteiger partial charge in [0.1, 0.15) is 17.6 Å². The Kier molecular flexibility index (Phi) is 8.11. The second-order valence-corrected chi connectivity index (χ2v) is 9.55. The predicted molar refractivity (Wildman–Crippen MR) is 120 cm³/mol. The highest BCUT2D eigenvalue weighted by atomic mass is 32.2. The van der Waals surface area contributed by atoms with Gasteiger partial charge in [-0.2, -0.15) is 4.31 Å². The Balaban J connectivity index is 1.64. The number of aryl methyl sites for hydroxylation is 1. The third kappa shape index (κ3) is 6.83. The molecule has 0 radical (unpaired) electrons. The molecule has 0 unspecified atom stereocenters. The van der Waals surface area contributed by atoms with Gasteiger partial charge in [-0.25, -0.2) is 13.4 Å². The van der Waals surface area contributed by atoms with Gasteiger partial charge >= 0.3 is 0 Å². The van der Waals surface area contributed by atoms with Crippen LogP contribution in [0.5, 0.6) is 0 Å². The van der Waals surface area contributed by atoms with Crippen LogP contribution in [0.2, 0.25) is 0 Å². The molecule has 2 aromatic heterocycles. The molecule has 12 nitrogen and oxygen atoms in total. The largest absolute Gasteiger partial charge is 0.361 e. The van der Waals surface area contributed by atoms with Gasteiger partial charge in [-0.1, -0.05) is 11.2 Å². The highest BCUT2D eigenvalue weighted by Gasteiger charge is 2.33. The van der Waals surface area contributed by atoms with Crippen LogP contribution in [0, 0.1) is 12.3 Å². The first kappa shape index (κ1) is 24.3. The first-order valence-corrected chi connectivity index (χ1v) is 12.0. The average molecular weight is 478 g/mol. The zero-order valence-electron chi connectivity index (χ0n) is 18.2. The molecule has 2 amide bonds. The first-order chi connectivity index (χ1) is 15.8. The van der Waals surface area contributed by atoms with Crippen molar-refractivity contribution < 1.29 is 22.5 Å². The molecule has 3 heterocycles. The normalized spacial score (nSPS) is 15.6. The van der Waals surface area contributed by atoms with Crippen molar-refractivity contribution in [2.24, 2.45) is 0 Å². The van der Waals surface area contributed by atoms with Crippen LogP contribution in [0.15, 0.2) is 35.0 Å². The molecule has 0 aliphatic carbocycles. The summed E-state index contributed by atoms with van der Waals surface area (Å²) in [5.74, 6) is -0.778. The minimum atomic E-state index is -3.85. The molecule has 1 aliphatic rings. The number of nitrogens with zero attached hydrogens (tertiary/aromatic N) is 4. The number of rotatable bonds is 10. The van der Waals surface area contributed by atoms with E-state index >= 15 is 0 Å². The van der Waals surface area contributed by atoms with E-state index in [4.69, 9.17) is 9.93 Å². The lowest BCUT2D eigenvalue weighted by molar-refractivity contribution is -0.128. The van der Waals surface area contributed by atoms with Gasteiger partial charge in [-0.15, -0.1) is 0 Å². The van der Waals surface area contributed by atoms with Crippen LogP contribution in [-0.2, 0) is 26.0 Å². The van der Waals surface area contributed by atoms with Crippen molar-refractivity contribution in [2.45, 2.75) is 19.4 Å². The Morgan fingerprint density at radius 2 is 2.03 bits per heavy atom. The third-order valence-electron chi connectivity index (χ3n) is 5.02. The molecule has 1 saturated heterocycles. The van der Waals surface area contributed by atoms with Gasteiger partial charge in [0.25, 0.3) is 0 Å². The van der Waals surface area contributed by atoms with Crippen molar-refractivity contribution in [3.05, 3.63) is 41.9 Å². The average Bonchev–Trinajstić information content (AvgIpc) is 3.21. The van der Waals surface area contributed by atoms with Gasteiger partial charge in [-0.3, -0.25) is 9.59 Å². The summed E-state index contributed by atoms with van der Waals surface area (Å²) >= 11 is 0. The molecule has 33 heavy (non-hydrogen) atoms.